The maximum atomic E-state index is 11.9. The minimum absolute atomic E-state index is 0.0817. The smallest absolute Gasteiger partial charge is 0.359 e. The third-order valence-corrected chi connectivity index (χ3v) is 3.30. The first-order valence-corrected chi connectivity index (χ1v) is 5.53. The zero-order valence-corrected chi connectivity index (χ0v) is 11.5. The van der Waals surface area contributed by atoms with Crippen LogP contribution < -0.4 is 0 Å². The first kappa shape index (κ1) is 14.3. The van der Waals surface area contributed by atoms with Gasteiger partial charge in [-0.05, 0) is 12.3 Å². The molecule has 0 fully saturated rings. The quantitative estimate of drug-likeness (QED) is 0.705. The molecule has 0 spiro atoms. The maximum absolute atomic E-state index is 11.9. The zero-order chi connectivity index (χ0) is 14.1. The predicted molar refractivity (Wildman–Crippen MR) is 63.8 cm³/mol. The van der Waals surface area contributed by atoms with E-state index in [9.17, 15) is 9.59 Å². The summed E-state index contributed by atoms with van der Waals surface area (Å²) in [4.78, 5) is 23.5. The highest BCUT2D eigenvalue weighted by atomic mass is 16.5. The zero-order valence-electron chi connectivity index (χ0n) is 11.5. The molecule has 18 heavy (non-hydrogen) atoms. The third-order valence-electron chi connectivity index (χ3n) is 3.30. The van der Waals surface area contributed by atoms with Crippen LogP contribution in [-0.4, -0.2) is 31.7 Å². The Morgan fingerprint density at radius 1 is 1.11 bits per heavy atom. The van der Waals surface area contributed by atoms with Gasteiger partial charge in [-0.25, -0.2) is 9.59 Å². The van der Waals surface area contributed by atoms with E-state index in [0.29, 0.717) is 0 Å². The maximum Gasteiger partial charge on any atom is 0.359 e. The summed E-state index contributed by atoms with van der Waals surface area (Å²) in [6.07, 6.45) is 0. The predicted octanol–water partition coefficient (Wildman–Crippen LogP) is 1.86. The Hall–Kier alpha value is -1.72. The van der Waals surface area contributed by atoms with E-state index in [2.05, 4.69) is 15.0 Å². The normalized spacial score (nSPS) is 23.2. The standard InChI is InChI=1S/C12H18N2O4/c1-11(2,3)12(4)7(9(15)17-5)8(13-14-12)10(16)18-6/h1-6H3/t12-/m0/s1. The number of nitrogens with zero attached hydrogens (tertiary/aromatic N) is 2. The van der Waals surface area contributed by atoms with Gasteiger partial charge in [0.1, 0.15) is 11.1 Å². The molecule has 1 aliphatic rings. The van der Waals surface area contributed by atoms with Gasteiger partial charge in [-0.15, -0.1) is 5.11 Å². The lowest BCUT2D eigenvalue weighted by Crippen LogP contribution is -2.41. The van der Waals surface area contributed by atoms with E-state index < -0.39 is 22.9 Å². The average molecular weight is 254 g/mol. The van der Waals surface area contributed by atoms with Crippen molar-refractivity contribution >= 4 is 11.9 Å². The van der Waals surface area contributed by atoms with E-state index in [1.165, 1.54) is 14.2 Å². The molecule has 1 aliphatic heterocycles. The largest absolute Gasteiger partial charge is 0.466 e. The van der Waals surface area contributed by atoms with Gasteiger partial charge in [-0.1, -0.05) is 20.8 Å². The van der Waals surface area contributed by atoms with Crippen molar-refractivity contribution in [1.82, 2.24) is 0 Å². The second-order valence-electron chi connectivity index (χ2n) is 5.23. The van der Waals surface area contributed by atoms with Crippen molar-refractivity contribution in [2.45, 2.75) is 33.2 Å². The Kier molecular flexibility index (Phi) is 3.59. The molecule has 1 atom stereocenters. The number of ether oxygens (including phenoxy) is 2. The fourth-order valence-electron chi connectivity index (χ4n) is 1.64. The highest BCUT2D eigenvalue weighted by molar-refractivity contribution is 6.02. The fraction of sp³-hybridized carbons (Fsp3) is 0.667. The second-order valence-corrected chi connectivity index (χ2v) is 5.23. The van der Waals surface area contributed by atoms with Gasteiger partial charge in [0.2, 0.25) is 0 Å². The summed E-state index contributed by atoms with van der Waals surface area (Å²) in [5.41, 5.74) is -1.24. The number of azo groups is 1. The van der Waals surface area contributed by atoms with Crippen LogP contribution in [0.3, 0.4) is 0 Å². The van der Waals surface area contributed by atoms with E-state index in [-0.39, 0.29) is 11.3 Å². The van der Waals surface area contributed by atoms with Crippen molar-refractivity contribution in [2.24, 2.45) is 15.6 Å². The first-order chi connectivity index (χ1) is 8.19. The lowest BCUT2D eigenvalue weighted by atomic mass is 9.71. The summed E-state index contributed by atoms with van der Waals surface area (Å²) < 4.78 is 9.33. The molecule has 1 rings (SSSR count). The molecule has 0 aromatic rings. The van der Waals surface area contributed by atoms with Crippen LogP contribution in [0.1, 0.15) is 27.7 Å². The molecular weight excluding hydrogens is 236 g/mol. The van der Waals surface area contributed by atoms with Gasteiger partial charge in [0, 0.05) is 0 Å². The first-order valence-electron chi connectivity index (χ1n) is 5.53. The summed E-state index contributed by atoms with van der Waals surface area (Å²) in [6, 6.07) is 0. The van der Waals surface area contributed by atoms with Crippen LogP contribution >= 0.6 is 0 Å². The summed E-state index contributed by atoms with van der Waals surface area (Å²) in [7, 11) is 2.48. The van der Waals surface area contributed by atoms with E-state index in [1.807, 2.05) is 20.8 Å². The Balaban J connectivity index is 3.44. The van der Waals surface area contributed by atoms with Crippen LogP contribution in [0.5, 0.6) is 0 Å². The van der Waals surface area contributed by atoms with Crippen LogP contribution in [0.15, 0.2) is 21.5 Å². The Labute approximate surface area is 106 Å². The molecule has 0 aliphatic carbocycles. The average Bonchev–Trinajstić information content (AvgIpc) is 2.66. The molecular formula is C12H18N2O4. The molecule has 6 heteroatoms. The summed E-state index contributed by atoms with van der Waals surface area (Å²) in [5, 5.41) is 7.89. The van der Waals surface area contributed by atoms with Crippen LogP contribution in [-0.2, 0) is 19.1 Å². The van der Waals surface area contributed by atoms with E-state index in [4.69, 9.17) is 4.74 Å². The molecule has 1 heterocycles. The number of esters is 2. The van der Waals surface area contributed by atoms with Crippen molar-refractivity contribution in [1.29, 1.82) is 0 Å². The number of carbonyl (C=O) groups is 2. The second kappa shape index (κ2) is 4.51. The fourth-order valence-corrected chi connectivity index (χ4v) is 1.64. The van der Waals surface area contributed by atoms with Gasteiger partial charge in [-0.3, -0.25) is 0 Å². The van der Waals surface area contributed by atoms with Crippen molar-refractivity contribution in [3.8, 4) is 0 Å². The summed E-state index contributed by atoms with van der Waals surface area (Å²) in [6.45, 7) is 7.48. The molecule has 0 amide bonds. The monoisotopic (exact) mass is 254 g/mol. The molecule has 0 aromatic carbocycles. The Morgan fingerprint density at radius 2 is 1.61 bits per heavy atom. The van der Waals surface area contributed by atoms with Gasteiger partial charge in [0.15, 0.2) is 5.70 Å². The van der Waals surface area contributed by atoms with E-state index >= 15 is 0 Å². The summed E-state index contributed by atoms with van der Waals surface area (Å²) in [5.74, 6) is -1.30. The SMILES string of the molecule is COC(=O)C1=C(C(=O)OC)[C@@](C)(C(C)(C)C)N=N1. The molecule has 100 valence electrons. The van der Waals surface area contributed by atoms with Crippen molar-refractivity contribution in [2.75, 3.05) is 14.2 Å². The lowest BCUT2D eigenvalue weighted by molar-refractivity contribution is -0.140. The van der Waals surface area contributed by atoms with Gasteiger partial charge in [0.25, 0.3) is 0 Å². The van der Waals surface area contributed by atoms with Crippen LogP contribution in [0.4, 0.5) is 0 Å². The lowest BCUT2D eigenvalue weighted by Gasteiger charge is -2.35. The van der Waals surface area contributed by atoms with Crippen LogP contribution in [0.2, 0.25) is 0 Å². The topological polar surface area (TPSA) is 77.3 Å². The summed E-state index contributed by atoms with van der Waals surface area (Å²) >= 11 is 0. The minimum Gasteiger partial charge on any atom is -0.466 e. The number of rotatable bonds is 2. The highest BCUT2D eigenvalue weighted by Gasteiger charge is 2.51. The van der Waals surface area contributed by atoms with Crippen LogP contribution in [0, 0.1) is 5.41 Å². The Bertz CT molecular complexity index is 445. The molecule has 0 saturated heterocycles. The Morgan fingerprint density at radius 3 is 2.00 bits per heavy atom. The van der Waals surface area contributed by atoms with Gasteiger partial charge >= 0.3 is 11.9 Å². The van der Waals surface area contributed by atoms with E-state index in [1.54, 1.807) is 6.92 Å². The minimum atomic E-state index is -0.913. The van der Waals surface area contributed by atoms with Crippen LogP contribution in [0.25, 0.3) is 0 Å². The van der Waals surface area contributed by atoms with Gasteiger partial charge in [-0.2, -0.15) is 5.11 Å². The molecule has 0 radical (unpaired) electrons. The van der Waals surface area contributed by atoms with Gasteiger partial charge < -0.3 is 9.47 Å². The highest BCUT2D eigenvalue weighted by Crippen LogP contribution is 2.45. The molecule has 0 saturated carbocycles. The number of methoxy groups -OCH3 is 2. The number of hydrogen-bond donors (Lipinski definition) is 0. The van der Waals surface area contributed by atoms with Crippen molar-refractivity contribution in [3.63, 3.8) is 0 Å². The van der Waals surface area contributed by atoms with Crippen molar-refractivity contribution in [3.05, 3.63) is 11.3 Å². The van der Waals surface area contributed by atoms with Gasteiger partial charge in [0.05, 0.1) is 14.2 Å². The molecule has 0 unspecified atom stereocenters. The molecule has 0 bridgehead atoms. The van der Waals surface area contributed by atoms with E-state index in [0.717, 1.165) is 0 Å². The van der Waals surface area contributed by atoms with Crippen molar-refractivity contribution < 1.29 is 19.1 Å². The molecule has 0 aromatic heterocycles. The number of hydrogen-bond acceptors (Lipinski definition) is 6. The number of carbonyl (C=O) groups excluding carboxylic acids is 2. The molecule has 0 N–H and O–H groups in total. The third kappa shape index (κ3) is 2.02. The molecule has 6 nitrogen and oxygen atoms in total.